The predicted molar refractivity (Wildman–Crippen MR) is 216 cm³/mol. The van der Waals surface area contributed by atoms with E-state index in [0.717, 1.165) is 51.4 Å². The molecule has 52 heavy (non-hydrogen) atoms. The van der Waals surface area contributed by atoms with Gasteiger partial charge >= 0.3 is 0 Å². The maximum Gasteiger partial charge on any atom is 0.132 e. The van der Waals surface area contributed by atoms with Crippen LogP contribution in [0.15, 0.2) is 200 Å². The zero-order valence-electron chi connectivity index (χ0n) is 28.7. The first-order valence-corrected chi connectivity index (χ1v) is 17.9. The molecule has 0 bridgehead atoms. The van der Waals surface area contributed by atoms with E-state index in [0.29, 0.717) is 0 Å². The van der Waals surface area contributed by atoms with E-state index < -0.39 is 5.41 Å². The number of para-hydroxylation sites is 2. The van der Waals surface area contributed by atoms with Crippen LogP contribution in [-0.2, 0) is 11.8 Å². The molecule has 7 aromatic carbocycles. The summed E-state index contributed by atoms with van der Waals surface area (Å²) in [6, 6.07) is 58.9. The van der Waals surface area contributed by atoms with Gasteiger partial charge in [0.15, 0.2) is 0 Å². The number of hydrogen-bond acceptors (Lipinski definition) is 1. The van der Waals surface area contributed by atoms with E-state index >= 15 is 0 Å². The molecule has 10 rings (SSSR count). The maximum atomic E-state index is 6.83. The van der Waals surface area contributed by atoms with Gasteiger partial charge in [-0.15, -0.1) is 0 Å². The van der Waals surface area contributed by atoms with Gasteiger partial charge < -0.3 is 9.30 Å². The molecular weight excluding hydrogens is 631 g/mol. The Labute approximate surface area is 303 Å². The molecule has 2 nitrogen and oxygen atoms in total. The molecule has 0 radical (unpaired) electrons. The van der Waals surface area contributed by atoms with Gasteiger partial charge in [-0.2, -0.15) is 0 Å². The third-order valence-electron chi connectivity index (χ3n) is 10.9. The van der Waals surface area contributed by atoms with Crippen molar-refractivity contribution in [3.05, 3.63) is 223 Å². The Bertz CT molecular complexity index is 2730. The zero-order valence-corrected chi connectivity index (χ0v) is 28.7. The number of benzene rings is 7. The number of allylic oxidation sites excluding steroid dienone is 5. The van der Waals surface area contributed by atoms with Gasteiger partial charge in [0.2, 0.25) is 0 Å². The Hall–Kier alpha value is -6.64. The van der Waals surface area contributed by atoms with Crippen molar-refractivity contribution in [3.63, 3.8) is 0 Å². The molecule has 0 amide bonds. The third-order valence-corrected chi connectivity index (χ3v) is 10.9. The van der Waals surface area contributed by atoms with Gasteiger partial charge in [0, 0.05) is 33.2 Å². The van der Waals surface area contributed by atoms with Gasteiger partial charge in [-0.3, -0.25) is 0 Å². The van der Waals surface area contributed by atoms with E-state index in [9.17, 15) is 0 Å². The van der Waals surface area contributed by atoms with Crippen molar-refractivity contribution < 1.29 is 4.74 Å². The lowest BCUT2D eigenvalue weighted by Crippen LogP contribution is -2.36. The molecule has 246 valence electrons. The lowest BCUT2D eigenvalue weighted by molar-refractivity contribution is 0.434. The average molecular weight is 666 g/mol. The molecule has 1 atom stereocenters. The molecule has 1 aliphatic heterocycles. The van der Waals surface area contributed by atoms with E-state index in [1.165, 1.54) is 44.1 Å². The number of rotatable bonds is 3. The largest absolute Gasteiger partial charge is 0.457 e. The lowest BCUT2D eigenvalue weighted by atomic mass is 9.61. The van der Waals surface area contributed by atoms with Crippen LogP contribution in [0.25, 0.3) is 49.7 Å². The van der Waals surface area contributed by atoms with Crippen LogP contribution in [-0.4, -0.2) is 4.57 Å². The minimum Gasteiger partial charge on any atom is -0.457 e. The first kappa shape index (κ1) is 30.2. The van der Waals surface area contributed by atoms with Gasteiger partial charge in [-0.1, -0.05) is 152 Å². The Kier molecular flexibility index (Phi) is 6.97. The van der Waals surface area contributed by atoms with Gasteiger partial charge in [0.25, 0.3) is 0 Å². The minimum atomic E-state index is -0.782. The van der Waals surface area contributed by atoms with Crippen molar-refractivity contribution in [1.29, 1.82) is 0 Å². The van der Waals surface area contributed by atoms with Crippen molar-refractivity contribution in [3.8, 4) is 39.4 Å². The van der Waals surface area contributed by atoms with Crippen LogP contribution in [0.2, 0.25) is 0 Å². The lowest BCUT2D eigenvalue weighted by Gasteiger charge is -2.43. The molecule has 2 heteroatoms. The highest BCUT2D eigenvalue weighted by molar-refractivity contribution is 6.12. The second-order valence-electron chi connectivity index (χ2n) is 13.7. The Morgan fingerprint density at radius 1 is 0.538 bits per heavy atom. The highest BCUT2D eigenvalue weighted by Gasteiger charge is 2.48. The SMILES string of the molecule is C=C1/C=C\C=C/Cc2ccc3c4cc(-c5ccccc5)ccc4n(-c4ccccc4)c3c2C12c1ccccc1Oc1ccc(-c3ccccc3)cc12. The summed E-state index contributed by atoms with van der Waals surface area (Å²) in [5.41, 5.74) is 13.0. The second kappa shape index (κ2) is 12.0. The maximum absolute atomic E-state index is 6.83. The number of hydrogen-bond donors (Lipinski definition) is 0. The van der Waals surface area contributed by atoms with Crippen molar-refractivity contribution in [2.24, 2.45) is 0 Å². The molecule has 1 spiro atoms. The Morgan fingerprint density at radius 3 is 1.96 bits per heavy atom. The summed E-state index contributed by atoms with van der Waals surface area (Å²) >= 11 is 0. The molecule has 0 fully saturated rings. The minimum absolute atomic E-state index is 0.771. The second-order valence-corrected chi connectivity index (χ2v) is 13.7. The Balaban J connectivity index is 1.41. The molecule has 0 saturated heterocycles. The molecule has 0 N–H and O–H groups in total. The van der Waals surface area contributed by atoms with Crippen molar-refractivity contribution in [2.75, 3.05) is 0 Å². The third kappa shape index (κ3) is 4.51. The monoisotopic (exact) mass is 665 g/mol. The summed E-state index contributed by atoms with van der Waals surface area (Å²) in [6.45, 7) is 4.96. The standard InChI is InChI=1S/C50H35NO/c1-34-16-6-2-11-21-37-26-29-41-42-32-38(35-17-7-3-8-18-35)27-30-45(42)51(40-22-12-5-13-23-40)49(41)48(37)50(34)43-24-14-15-25-46(43)52-47-31-28-39(33-44(47)50)36-19-9-4-10-20-36/h2-20,22-33H,1,21H2/b11-2-,16-6-. The summed E-state index contributed by atoms with van der Waals surface area (Å²) in [6.07, 6.45) is 9.54. The van der Waals surface area contributed by atoms with E-state index in [1.807, 2.05) is 0 Å². The summed E-state index contributed by atoms with van der Waals surface area (Å²) < 4.78 is 9.31. The van der Waals surface area contributed by atoms with E-state index in [1.54, 1.807) is 0 Å². The van der Waals surface area contributed by atoms with Crippen LogP contribution in [0.1, 0.15) is 22.3 Å². The fourth-order valence-electron chi connectivity index (χ4n) is 8.59. The van der Waals surface area contributed by atoms with Gasteiger partial charge in [-0.05, 0) is 82.3 Å². The van der Waals surface area contributed by atoms with Crippen LogP contribution >= 0.6 is 0 Å². The summed E-state index contributed by atoms with van der Waals surface area (Å²) in [7, 11) is 0. The summed E-state index contributed by atoms with van der Waals surface area (Å²) in [4.78, 5) is 0. The first-order valence-electron chi connectivity index (χ1n) is 17.9. The topological polar surface area (TPSA) is 14.2 Å². The van der Waals surface area contributed by atoms with Crippen LogP contribution in [0.5, 0.6) is 11.5 Å². The zero-order chi connectivity index (χ0) is 34.6. The molecule has 2 aliphatic rings. The Morgan fingerprint density at radius 2 is 1.19 bits per heavy atom. The number of fused-ring (bicyclic) bond motifs is 10. The highest BCUT2D eigenvalue weighted by atomic mass is 16.5. The fraction of sp³-hybridized carbons (Fsp3) is 0.0400. The molecule has 1 aliphatic carbocycles. The highest BCUT2D eigenvalue weighted by Crippen LogP contribution is 2.59. The van der Waals surface area contributed by atoms with Crippen LogP contribution in [0.3, 0.4) is 0 Å². The van der Waals surface area contributed by atoms with Gasteiger partial charge in [0.05, 0.1) is 16.4 Å². The normalized spacial score (nSPS) is 17.3. The number of aromatic nitrogens is 1. The quantitative estimate of drug-likeness (QED) is 0.183. The van der Waals surface area contributed by atoms with Crippen LogP contribution in [0, 0.1) is 0 Å². The van der Waals surface area contributed by atoms with Crippen LogP contribution in [0.4, 0.5) is 0 Å². The number of ether oxygens (including phenoxy) is 1. The summed E-state index contributed by atoms with van der Waals surface area (Å²) in [5, 5.41) is 2.42. The van der Waals surface area contributed by atoms with Crippen molar-refractivity contribution >= 4 is 21.8 Å². The fourth-order valence-corrected chi connectivity index (χ4v) is 8.59. The smallest absolute Gasteiger partial charge is 0.132 e. The van der Waals surface area contributed by atoms with Crippen molar-refractivity contribution in [1.82, 2.24) is 4.57 Å². The predicted octanol–water partition coefficient (Wildman–Crippen LogP) is 12.8. The average Bonchev–Trinajstić information content (AvgIpc) is 3.56. The molecular formula is C50H35NO. The molecule has 8 aromatic rings. The van der Waals surface area contributed by atoms with E-state index in [-0.39, 0.29) is 0 Å². The summed E-state index contributed by atoms with van der Waals surface area (Å²) in [5.74, 6) is 1.69. The van der Waals surface area contributed by atoms with Gasteiger partial charge in [0.1, 0.15) is 11.5 Å². The first-order chi connectivity index (χ1) is 25.7. The molecule has 1 unspecified atom stereocenters. The molecule has 0 saturated carbocycles. The number of nitrogens with zero attached hydrogens (tertiary/aromatic N) is 1. The molecule has 1 aromatic heterocycles. The van der Waals surface area contributed by atoms with E-state index in [4.69, 9.17) is 11.3 Å². The van der Waals surface area contributed by atoms with Crippen LogP contribution < -0.4 is 4.74 Å². The van der Waals surface area contributed by atoms with Crippen molar-refractivity contribution in [2.45, 2.75) is 11.8 Å². The van der Waals surface area contributed by atoms with Gasteiger partial charge in [-0.25, -0.2) is 0 Å². The van der Waals surface area contributed by atoms with E-state index in [2.05, 4.69) is 193 Å². The molecule has 2 heterocycles.